The molecule has 0 aromatic heterocycles. The number of hydrogen-bond acceptors (Lipinski definition) is 5. The van der Waals surface area contributed by atoms with E-state index >= 15 is 0 Å². The van der Waals surface area contributed by atoms with Crippen molar-refractivity contribution < 1.29 is 23.9 Å². The van der Waals surface area contributed by atoms with E-state index in [9.17, 15) is 19.2 Å². The Kier molecular flexibility index (Phi) is 7.28. The zero-order valence-corrected chi connectivity index (χ0v) is 22.6. The van der Waals surface area contributed by atoms with Crippen LogP contribution in [0.2, 0.25) is 15.1 Å². The number of anilines is 1. The number of esters is 1. The summed E-state index contributed by atoms with van der Waals surface area (Å²) in [5, 5.41) is 0.749. The number of imide groups is 1. The monoisotopic (exact) mass is 577 g/mol. The molecule has 5 rings (SSSR count). The molecule has 4 aromatic carbocycles. The Morgan fingerprint density at radius 1 is 0.744 bits per heavy atom. The van der Waals surface area contributed by atoms with Crippen LogP contribution in [0, 0.1) is 6.92 Å². The van der Waals surface area contributed by atoms with Gasteiger partial charge in [-0.05, 0) is 61.0 Å². The van der Waals surface area contributed by atoms with Gasteiger partial charge >= 0.3 is 5.97 Å². The fourth-order valence-corrected chi connectivity index (χ4v) is 4.72. The molecule has 194 valence electrons. The van der Waals surface area contributed by atoms with Crippen LogP contribution in [0.5, 0.6) is 0 Å². The number of Topliss-reactive ketones (excluding diaryl/α,β-unsaturated/α-hetero) is 1. The average molecular weight is 579 g/mol. The SMILES string of the molecule is Cc1ccc(C(=O)O[C@H](C(=O)c2ccc(Cl)cc2)c2ccccc2)cc1N1C(=O)c2cc(Cl)c(Cl)cc2C1=O. The Balaban J connectivity index is 1.48. The fraction of sp³-hybridized carbons (Fsp3) is 0.0667. The van der Waals surface area contributed by atoms with Gasteiger partial charge in [0.05, 0.1) is 32.4 Å². The molecule has 9 heteroatoms. The van der Waals surface area contributed by atoms with Gasteiger partial charge < -0.3 is 4.74 Å². The van der Waals surface area contributed by atoms with Crippen molar-refractivity contribution in [1.82, 2.24) is 0 Å². The Morgan fingerprint density at radius 2 is 1.31 bits per heavy atom. The number of carbonyl (C=O) groups is 4. The number of nitrogens with zero attached hydrogens (tertiary/aromatic N) is 1. The first kappa shape index (κ1) is 26.6. The molecule has 6 nitrogen and oxygen atoms in total. The van der Waals surface area contributed by atoms with Crippen molar-refractivity contribution in [2.45, 2.75) is 13.0 Å². The van der Waals surface area contributed by atoms with Crippen molar-refractivity contribution in [2.24, 2.45) is 0 Å². The molecule has 0 bridgehead atoms. The van der Waals surface area contributed by atoms with Crippen molar-refractivity contribution in [3.63, 3.8) is 0 Å². The predicted molar refractivity (Wildman–Crippen MR) is 149 cm³/mol. The van der Waals surface area contributed by atoms with Gasteiger partial charge in [0.2, 0.25) is 5.78 Å². The van der Waals surface area contributed by atoms with Crippen LogP contribution in [-0.2, 0) is 4.74 Å². The summed E-state index contributed by atoms with van der Waals surface area (Å²) in [6, 6.07) is 22.0. The summed E-state index contributed by atoms with van der Waals surface area (Å²) in [5.41, 5.74) is 1.83. The van der Waals surface area contributed by atoms with Crippen LogP contribution in [0.3, 0.4) is 0 Å². The van der Waals surface area contributed by atoms with Gasteiger partial charge in [0, 0.05) is 16.1 Å². The predicted octanol–water partition coefficient (Wildman–Crippen LogP) is 7.54. The molecule has 0 spiro atoms. The summed E-state index contributed by atoms with van der Waals surface area (Å²) in [6.07, 6.45) is -1.24. The molecule has 0 unspecified atom stereocenters. The number of fused-ring (bicyclic) bond motifs is 1. The van der Waals surface area contributed by atoms with Gasteiger partial charge in [0.15, 0.2) is 6.10 Å². The summed E-state index contributed by atoms with van der Waals surface area (Å²) in [6.45, 7) is 1.70. The van der Waals surface area contributed by atoms with E-state index in [0.29, 0.717) is 21.7 Å². The minimum absolute atomic E-state index is 0.0491. The summed E-state index contributed by atoms with van der Waals surface area (Å²) >= 11 is 18.1. The molecule has 0 fully saturated rings. The van der Waals surface area contributed by atoms with Crippen LogP contribution in [0.25, 0.3) is 0 Å². The van der Waals surface area contributed by atoms with Crippen LogP contribution >= 0.6 is 34.8 Å². The quantitative estimate of drug-likeness (QED) is 0.134. The highest BCUT2D eigenvalue weighted by Crippen LogP contribution is 2.36. The molecule has 1 atom stereocenters. The molecule has 0 aliphatic carbocycles. The van der Waals surface area contributed by atoms with E-state index in [-0.39, 0.29) is 32.4 Å². The van der Waals surface area contributed by atoms with Crippen LogP contribution in [0.15, 0.2) is 84.9 Å². The van der Waals surface area contributed by atoms with E-state index in [2.05, 4.69) is 0 Å². The molecule has 0 saturated heterocycles. The zero-order chi connectivity index (χ0) is 27.8. The number of carbonyl (C=O) groups excluding carboxylic acids is 4. The average Bonchev–Trinajstić information content (AvgIpc) is 3.16. The first-order chi connectivity index (χ1) is 18.7. The van der Waals surface area contributed by atoms with Crippen LogP contribution < -0.4 is 4.90 Å². The molecule has 1 heterocycles. The van der Waals surface area contributed by atoms with Crippen LogP contribution in [0.4, 0.5) is 5.69 Å². The van der Waals surface area contributed by atoms with E-state index in [4.69, 9.17) is 39.5 Å². The van der Waals surface area contributed by atoms with Crippen molar-refractivity contribution in [1.29, 1.82) is 0 Å². The van der Waals surface area contributed by atoms with E-state index in [0.717, 1.165) is 4.90 Å². The second-order valence-electron chi connectivity index (χ2n) is 8.83. The highest BCUT2D eigenvalue weighted by molar-refractivity contribution is 6.44. The molecular weight excluding hydrogens is 561 g/mol. The van der Waals surface area contributed by atoms with Gasteiger partial charge in [-0.2, -0.15) is 0 Å². The molecule has 4 aromatic rings. The number of ketones is 1. The number of amides is 2. The molecule has 1 aliphatic heterocycles. The number of rotatable bonds is 6. The molecular formula is C30H18Cl3NO5. The van der Waals surface area contributed by atoms with E-state index in [1.165, 1.54) is 24.3 Å². The summed E-state index contributed by atoms with van der Waals surface area (Å²) < 4.78 is 5.73. The van der Waals surface area contributed by atoms with Crippen molar-refractivity contribution in [3.05, 3.63) is 133 Å². The maximum atomic E-state index is 13.4. The lowest BCUT2D eigenvalue weighted by molar-refractivity contribution is 0.0280. The number of hydrogen-bond donors (Lipinski definition) is 0. The Bertz CT molecular complexity index is 1610. The van der Waals surface area contributed by atoms with Gasteiger partial charge in [-0.15, -0.1) is 0 Å². The van der Waals surface area contributed by atoms with Crippen molar-refractivity contribution >= 4 is 64.1 Å². The highest BCUT2D eigenvalue weighted by atomic mass is 35.5. The van der Waals surface area contributed by atoms with Crippen molar-refractivity contribution in [3.8, 4) is 0 Å². The van der Waals surface area contributed by atoms with Crippen molar-refractivity contribution in [2.75, 3.05) is 4.90 Å². The Labute approximate surface area is 238 Å². The molecule has 2 amide bonds. The first-order valence-corrected chi connectivity index (χ1v) is 12.8. The molecule has 0 radical (unpaired) electrons. The summed E-state index contributed by atoms with van der Waals surface area (Å²) in [7, 11) is 0. The smallest absolute Gasteiger partial charge is 0.339 e. The van der Waals surface area contributed by atoms with Gasteiger partial charge in [-0.3, -0.25) is 14.4 Å². The second-order valence-corrected chi connectivity index (χ2v) is 10.1. The third-order valence-corrected chi connectivity index (χ3v) is 7.28. The largest absolute Gasteiger partial charge is 0.445 e. The van der Waals surface area contributed by atoms with Gasteiger partial charge in [0.25, 0.3) is 11.8 Å². The van der Waals surface area contributed by atoms with Crippen LogP contribution in [-0.4, -0.2) is 23.6 Å². The maximum Gasteiger partial charge on any atom is 0.339 e. The van der Waals surface area contributed by atoms with Gasteiger partial charge in [-0.25, -0.2) is 9.69 Å². The Hall–Kier alpha value is -3.97. The number of benzene rings is 4. The van der Waals surface area contributed by atoms with E-state index < -0.39 is 29.7 Å². The standard InChI is InChI=1S/C30H18Cl3NO5/c1-16-7-8-19(13-25(16)34-28(36)21-14-23(32)24(33)15-22(21)29(34)37)30(38)39-27(18-5-3-2-4-6-18)26(35)17-9-11-20(31)12-10-17/h2-15,27H,1H3/t27-/m0/s1. The topological polar surface area (TPSA) is 80.8 Å². The van der Waals surface area contributed by atoms with Gasteiger partial charge in [0.1, 0.15) is 0 Å². The number of halogens is 3. The molecule has 0 saturated carbocycles. The van der Waals surface area contributed by atoms with Crippen LogP contribution in [0.1, 0.15) is 58.7 Å². The van der Waals surface area contributed by atoms with E-state index in [1.54, 1.807) is 67.6 Å². The summed E-state index contributed by atoms with van der Waals surface area (Å²) in [5.74, 6) is -2.44. The summed E-state index contributed by atoms with van der Waals surface area (Å²) in [4.78, 5) is 54.0. The second kappa shape index (κ2) is 10.7. The maximum absolute atomic E-state index is 13.4. The molecule has 1 aliphatic rings. The third kappa shape index (κ3) is 5.06. The van der Waals surface area contributed by atoms with E-state index in [1.807, 2.05) is 0 Å². The lowest BCUT2D eigenvalue weighted by Gasteiger charge is -2.20. The lowest BCUT2D eigenvalue weighted by Crippen LogP contribution is -2.30. The lowest BCUT2D eigenvalue weighted by atomic mass is 9.99. The Morgan fingerprint density at radius 3 is 1.90 bits per heavy atom. The fourth-order valence-electron chi connectivity index (χ4n) is 4.27. The molecule has 39 heavy (non-hydrogen) atoms. The normalized spacial score (nSPS) is 13.3. The minimum Gasteiger partial charge on any atom is -0.445 e. The highest BCUT2D eigenvalue weighted by Gasteiger charge is 2.38. The van der Waals surface area contributed by atoms with Gasteiger partial charge in [-0.1, -0.05) is 71.2 Å². The first-order valence-electron chi connectivity index (χ1n) is 11.7. The third-order valence-electron chi connectivity index (χ3n) is 6.31. The minimum atomic E-state index is -1.24. The number of aryl methyl sites for hydroxylation is 1. The molecule has 0 N–H and O–H groups in total. The number of ether oxygens (including phenoxy) is 1. The zero-order valence-electron chi connectivity index (χ0n) is 20.3.